The van der Waals surface area contributed by atoms with E-state index in [2.05, 4.69) is 25.2 Å². The highest BCUT2D eigenvalue weighted by Crippen LogP contribution is 2.18. The van der Waals surface area contributed by atoms with Gasteiger partial charge in [-0.3, -0.25) is 0 Å². The summed E-state index contributed by atoms with van der Waals surface area (Å²) in [5.74, 6) is 0.954. The summed E-state index contributed by atoms with van der Waals surface area (Å²) in [6, 6.07) is 8.11. The summed E-state index contributed by atoms with van der Waals surface area (Å²) in [6.45, 7) is 8.41. The molecule has 0 atom stereocenters. The van der Waals surface area contributed by atoms with Gasteiger partial charge in [-0.1, -0.05) is 18.2 Å². The van der Waals surface area contributed by atoms with Gasteiger partial charge in [0, 0.05) is 24.8 Å². The van der Waals surface area contributed by atoms with Crippen LogP contribution in [0.15, 0.2) is 24.3 Å². The Morgan fingerprint density at radius 2 is 1.94 bits per heavy atom. The van der Waals surface area contributed by atoms with Gasteiger partial charge in [0.25, 0.3) is 0 Å². The first-order valence-electron chi connectivity index (χ1n) is 6.03. The van der Waals surface area contributed by atoms with Crippen molar-refractivity contribution in [3.8, 4) is 5.75 Å². The second kappa shape index (κ2) is 6.62. The van der Waals surface area contributed by atoms with E-state index in [1.165, 1.54) is 5.56 Å². The van der Waals surface area contributed by atoms with E-state index in [1.807, 2.05) is 25.1 Å². The van der Waals surface area contributed by atoms with Gasteiger partial charge in [0.1, 0.15) is 5.75 Å². The molecule has 1 rings (SSSR count). The quantitative estimate of drug-likeness (QED) is 0.790. The molecule has 0 aliphatic heterocycles. The normalized spacial score (nSPS) is 11.5. The molecule has 3 nitrogen and oxygen atoms in total. The van der Waals surface area contributed by atoms with Crippen LogP contribution in [0.3, 0.4) is 0 Å². The number of methoxy groups -OCH3 is 1. The minimum Gasteiger partial charge on any atom is -0.494 e. The molecular weight excluding hydrogens is 214 g/mol. The Morgan fingerprint density at radius 1 is 1.24 bits per heavy atom. The number of hydrogen-bond acceptors (Lipinski definition) is 3. The monoisotopic (exact) mass is 237 g/mol. The second-order valence-corrected chi connectivity index (χ2v) is 4.71. The van der Waals surface area contributed by atoms with Crippen molar-refractivity contribution in [2.45, 2.75) is 32.9 Å². The highest BCUT2D eigenvalue weighted by Gasteiger charge is 2.17. The number of ether oxygens (including phenoxy) is 2. The van der Waals surface area contributed by atoms with Crippen LogP contribution >= 0.6 is 0 Å². The first-order chi connectivity index (χ1) is 8.09. The fourth-order valence-corrected chi connectivity index (χ4v) is 1.69. The van der Waals surface area contributed by atoms with Crippen molar-refractivity contribution >= 4 is 0 Å². The van der Waals surface area contributed by atoms with Crippen LogP contribution in [0.5, 0.6) is 5.75 Å². The van der Waals surface area contributed by atoms with Gasteiger partial charge in [-0.2, -0.15) is 0 Å². The minimum atomic E-state index is -0.0337. The smallest absolute Gasteiger partial charge is 0.123 e. The fraction of sp³-hybridized carbons (Fsp3) is 0.571. The Labute approximate surface area is 104 Å². The molecule has 0 fully saturated rings. The van der Waals surface area contributed by atoms with Crippen molar-refractivity contribution in [2.24, 2.45) is 0 Å². The van der Waals surface area contributed by atoms with Crippen molar-refractivity contribution in [3.63, 3.8) is 0 Å². The molecule has 1 N–H and O–H groups in total. The van der Waals surface area contributed by atoms with E-state index in [4.69, 9.17) is 9.47 Å². The highest BCUT2D eigenvalue weighted by molar-refractivity contribution is 5.33. The van der Waals surface area contributed by atoms with Crippen molar-refractivity contribution in [2.75, 3.05) is 20.3 Å². The number of rotatable bonds is 7. The largest absolute Gasteiger partial charge is 0.494 e. The predicted molar refractivity (Wildman–Crippen MR) is 70.4 cm³/mol. The molecule has 0 radical (unpaired) electrons. The van der Waals surface area contributed by atoms with Crippen LogP contribution in [0.1, 0.15) is 26.3 Å². The third-order valence-electron chi connectivity index (χ3n) is 2.54. The molecule has 0 aromatic heterocycles. The van der Waals surface area contributed by atoms with Crippen LogP contribution in [-0.2, 0) is 11.3 Å². The van der Waals surface area contributed by atoms with Crippen molar-refractivity contribution in [3.05, 3.63) is 29.8 Å². The molecule has 0 heterocycles. The summed E-state index contributed by atoms with van der Waals surface area (Å²) >= 11 is 0. The molecule has 0 amide bonds. The van der Waals surface area contributed by atoms with E-state index in [0.717, 1.165) is 12.3 Å². The van der Waals surface area contributed by atoms with E-state index in [0.29, 0.717) is 13.2 Å². The lowest BCUT2D eigenvalue weighted by atomic mass is 10.1. The van der Waals surface area contributed by atoms with Crippen molar-refractivity contribution in [1.29, 1.82) is 0 Å². The lowest BCUT2D eigenvalue weighted by molar-refractivity contribution is 0.127. The standard InChI is InChI=1S/C14H23NO2/c1-5-17-13-9-7-6-8-12(13)10-15-14(2,3)11-16-4/h6-9,15H,5,10-11H2,1-4H3. The first-order valence-corrected chi connectivity index (χ1v) is 6.03. The number of nitrogens with one attached hydrogen (secondary N) is 1. The van der Waals surface area contributed by atoms with Crippen molar-refractivity contribution < 1.29 is 9.47 Å². The highest BCUT2D eigenvalue weighted by atomic mass is 16.5. The predicted octanol–water partition coefficient (Wildman–Crippen LogP) is 2.60. The Morgan fingerprint density at radius 3 is 2.59 bits per heavy atom. The average molecular weight is 237 g/mol. The zero-order valence-corrected chi connectivity index (χ0v) is 11.2. The zero-order chi connectivity index (χ0) is 12.7. The maximum atomic E-state index is 5.59. The van der Waals surface area contributed by atoms with E-state index < -0.39 is 0 Å². The summed E-state index contributed by atoms with van der Waals surface area (Å²) in [4.78, 5) is 0. The molecular formula is C14H23NO2. The topological polar surface area (TPSA) is 30.5 Å². The molecule has 96 valence electrons. The Kier molecular flexibility index (Phi) is 5.45. The average Bonchev–Trinajstić information content (AvgIpc) is 2.28. The maximum absolute atomic E-state index is 5.59. The first kappa shape index (κ1) is 14.0. The Balaban J connectivity index is 2.62. The third kappa shape index (κ3) is 4.75. The summed E-state index contributed by atoms with van der Waals surface area (Å²) in [7, 11) is 1.72. The summed E-state index contributed by atoms with van der Waals surface area (Å²) in [5, 5.41) is 3.47. The number of benzene rings is 1. The third-order valence-corrected chi connectivity index (χ3v) is 2.54. The summed E-state index contributed by atoms with van der Waals surface area (Å²) in [6.07, 6.45) is 0. The lowest BCUT2D eigenvalue weighted by Gasteiger charge is -2.25. The van der Waals surface area contributed by atoms with Gasteiger partial charge in [0.05, 0.1) is 13.2 Å². The molecule has 0 bridgehead atoms. The van der Waals surface area contributed by atoms with Gasteiger partial charge in [0.15, 0.2) is 0 Å². The van der Waals surface area contributed by atoms with Crippen LogP contribution in [-0.4, -0.2) is 25.9 Å². The zero-order valence-electron chi connectivity index (χ0n) is 11.2. The van der Waals surface area contributed by atoms with Gasteiger partial charge in [-0.25, -0.2) is 0 Å². The van der Waals surface area contributed by atoms with Gasteiger partial charge in [0.2, 0.25) is 0 Å². The number of para-hydroxylation sites is 1. The van der Waals surface area contributed by atoms with Crippen LogP contribution in [0.4, 0.5) is 0 Å². The van der Waals surface area contributed by atoms with Crippen LogP contribution < -0.4 is 10.1 Å². The second-order valence-electron chi connectivity index (χ2n) is 4.71. The van der Waals surface area contributed by atoms with Gasteiger partial charge in [-0.05, 0) is 26.8 Å². The molecule has 1 aromatic carbocycles. The van der Waals surface area contributed by atoms with E-state index in [-0.39, 0.29) is 5.54 Å². The molecule has 0 aliphatic rings. The minimum absolute atomic E-state index is 0.0337. The van der Waals surface area contributed by atoms with Gasteiger partial charge >= 0.3 is 0 Å². The summed E-state index contributed by atoms with van der Waals surface area (Å²) in [5.41, 5.74) is 1.15. The molecule has 3 heteroatoms. The van der Waals surface area contributed by atoms with E-state index in [1.54, 1.807) is 7.11 Å². The van der Waals surface area contributed by atoms with Crippen LogP contribution in [0.2, 0.25) is 0 Å². The van der Waals surface area contributed by atoms with E-state index >= 15 is 0 Å². The van der Waals surface area contributed by atoms with Crippen LogP contribution in [0, 0.1) is 0 Å². The molecule has 0 spiro atoms. The number of hydrogen-bond donors (Lipinski definition) is 1. The van der Waals surface area contributed by atoms with E-state index in [9.17, 15) is 0 Å². The molecule has 17 heavy (non-hydrogen) atoms. The lowest BCUT2D eigenvalue weighted by Crippen LogP contribution is -2.42. The van der Waals surface area contributed by atoms with Gasteiger partial charge < -0.3 is 14.8 Å². The maximum Gasteiger partial charge on any atom is 0.123 e. The SMILES string of the molecule is CCOc1ccccc1CNC(C)(C)COC. The molecule has 0 aliphatic carbocycles. The molecule has 0 unspecified atom stereocenters. The van der Waals surface area contributed by atoms with Gasteiger partial charge in [-0.15, -0.1) is 0 Å². The Hall–Kier alpha value is -1.06. The molecule has 1 aromatic rings. The summed E-state index contributed by atoms with van der Waals surface area (Å²) < 4.78 is 10.8. The fourth-order valence-electron chi connectivity index (χ4n) is 1.69. The van der Waals surface area contributed by atoms with Crippen LogP contribution in [0.25, 0.3) is 0 Å². The molecule has 0 saturated heterocycles. The Bertz CT molecular complexity index is 337. The molecule has 0 saturated carbocycles. The van der Waals surface area contributed by atoms with Crippen molar-refractivity contribution in [1.82, 2.24) is 5.32 Å².